The van der Waals surface area contributed by atoms with Crippen LogP contribution in [0.1, 0.15) is 11.3 Å². The Morgan fingerprint density at radius 3 is 2.85 bits per heavy atom. The van der Waals surface area contributed by atoms with Crippen molar-refractivity contribution in [3.63, 3.8) is 0 Å². The highest BCUT2D eigenvalue weighted by atomic mass is 19.1. The molecule has 0 bridgehead atoms. The van der Waals surface area contributed by atoms with Gasteiger partial charge in [-0.25, -0.2) is 9.37 Å². The molecule has 0 aliphatic heterocycles. The monoisotopic (exact) mass is 273 g/mol. The smallest absolute Gasteiger partial charge is 0.201 e. The maximum Gasteiger partial charge on any atom is 0.201 e. The molecule has 0 unspecified atom stereocenters. The lowest BCUT2D eigenvalue weighted by atomic mass is 10.2. The van der Waals surface area contributed by atoms with Crippen molar-refractivity contribution in [3.8, 4) is 0 Å². The zero-order valence-corrected chi connectivity index (χ0v) is 11.5. The zero-order valence-electron chi connectivity index (χ0n) is 11.5. The molecule has 2 heterocycles. The van der Waals surface area contributed by atoms with E-state index in [1.54, 1.807) is 17.7 Å². The summed E-state index contributed by atoms with van der Waals surface area (Å²) in [5.41, 5.74) is 8.96. The van der Waals surface area contributed by atoms with Crippen molar-refractivity contribution in [1.29, 1.82) is 0 Å². The Hall–Kier alpha value is -2.37. The Kier molecular flexibility index (Phi) is 2.93. The van der Waals surface area contributed by atoms with Gasteiger partial charge < -0.3 is 10.3 Å². The van der Waals surface area contributed by atoms with Gasteiger partial charge in [-0.15, -0.1) is 0 Å². The molecular weight excluding hydrogens is 257 g/mol. The van der Waals surface area contributed by atoms with E-state index in [0.717, 1.165) is 17.6 Å². The Morgan fingerprint density at radius 1 is 1.35 bits per heavy atom. The number of benzene rings is 1. The molecule has 0 fully saturated rings. The van der Waals surface area contributed by atoms with Crippen molar-refractivity contribution in [1.82, 2.24) is 19.3 Å². The molecule has 0 aliphatic carbocycles. The van der Waals surface area contributed by atoms with Gasteiger partial charge in [0.05, 0.1) is 16.7 Å². The van der Waals surface area contributed by atoms with Crippen LogP contribution in [-0.2, 0) is 20.0 Å². The summed E-state index contributed by atoms with van der Waals surface area (Å²) < 4.78 is 17.2. The topological polar surface area (TPSA) is 61.7 Å². The molecule has 0 saturated heterocycles. The van der Waals surface area contributed by atoms with Crippen molar-refractivity contribution < 1.29 is 4.39 Å². The van der Waals surface area contributed by atoms with Gasteiger partial charge in [-0.05, 0) is 24.6 Å². The number of hydrogen-bond acceptors (Lipinski definition) is 3. The number of aromatic nitrogens is 4. The highest BCUT2D eigenvalue weighted by Crippen LogP contribution is 2.21. The summed E-state index contributed by atoms with van der Waals surface area (Å²) in [5, 5.41) is 4.33. The molecule has 104 valence electrons. The van der Waals surface area contributed by atoms with Gasteiger partial charge in [-0.1, -0.05) is 0 Å². The van der Waals surface area contributed by atoms with Crippen molar-refractivity contribution in [2.24, 2.45) is 7.05 Å². The van der Waals surface area contributed by atoms with Gasteiger partial charge in [-0.2, -0.15) is 5.10 Å². The second kappa shape index (κ2) is 4.63. The summed E-state index contributed by atoms with van der Waals surface area (Å²) in [7, 11) is 1.89. The molecule has 3 rings (SSSR count). The van der Waals surface area contributed by atoms with E-state index in [1.807, 2.05) is 23.9 Å². The van der Waals surface area contributed by atoms with Crippen molar-refractivity contribution in [2.75, 3.05) is 5.73 Å². The molecule has 2 aromatic heterocycles. The Balaban J connectivity index is 1.94. The van der Waals surface area contributed by atoms with Crippen LogP contribution in [0.15, 0.2) is 24.4 Å². The fourth-order valence-electron chi connectivity index (χ4n) is 2.33. The first kappa shape index (κ1) is 12.7. The van der Waals surface area contributed by atoms with Gasteiger partial charge >= 0.3 is 0 Å². The SMILES string of the molecule is Cc1cc2c(cc1F)nc(N)n2CCc1ccn(C)n1. The third-order valence-corrected chi connectivity index (χ3v) is 3.42. The molecule has 20 heavy (non-hydrogen) atoms. The van der Waals surface area contributed by atoms with E-state index in [9.17, 15) is 4.39 Å². The molecule has 0 spiro atoms. The van der Waals surface area contributed by atoms with Gasteiger partial charge in [-0.3, -0.25) is 4.68 Å². The van der Waals surface area contributed by atoms with Gasteiger partial charge in [0.2, 0.25) is 5.95 Å². The van der Waals surface area contributed by atoms with Crippen LogP contribution in [-0.4, -0.2) is 19.3 Å². The molecule has 0 saturated carbocycles. The number of nitrogens with two attached hydrogens (primary N) is 1. The number of aryl methyl sites for hydroxylation is 4. The van der Waals surface area contributed by atoms with Crippen molar-refractivity contribution >= 4 is 17.0 Å². The predicted molar refractivity (Wildman–Crippen MR) is 75.8 cm³/mol. The molecule has 0 atom stereocenters. The minimum atomic E-state index is -0.258. The van der Waals surface area contributed by atoms with Gasteiger partial charge in [0.25, 0.3) is 0 Å². The maximum absolute atomic E-state index is 13.5. The number of fused-ring (bicyclic) bond motifs is 1. The Morgan fingerprint density at radius 2 is 2.15 bits per heavy atom. The zero-order chi connectivity index (χ0) is 14.3. The summed E-state index contributed by atoms with van der Waals surface area (Å²) in [4.78, 5) is 4.21. The predicted octanol–water partition coefficient (Wildman–Crippen LogP) is 2.04. The average molecular weight is 273 g/mol. The lowest BCUT2D eigenvalue weighted by Gasteiger charge is -2.05. The second-order valence-corrected chi connectivity index (χ2v) is 4.94. The average Bonchev–Trinajstić information content (AvgIpc) is 2.92. The summed E-state index contributed by atoms with van der Waals surface area (Å²) in [6, 6.07) is 5.19. The third-order valence-electron chi connectivity index (χ3n) is 3.42. The first-order valence-electron chi connectivity index (χ1n) is 6.45. The number of rotatable bonds is 3. The van der Waals surface area contributed by atoms with Crippen LogP contribution in [0, 0.1) is 12.7 Å². The normalized spacial score (nSPS) is 11.3. The van der Waals surface area contributed by atoms with E-state index in [2.05, 4.69) is 10.1 Å². The summed E-state index contributed by atoms with van der Waals surface area (Å²) in [6.45, 7) is 2.41. The summed E-state index contributed by atoms with van der Waals surface area (Å²) in [5.74, 6) is 0.146. The van der Waals surface area contributed by atoms with Crippen LogP contribution >= 0.6 is 0 Å². The van der Waals surface area contributed by atoms with Crippen LogP contribution in [0.5, 0.6) is 0 Å². The number of nitrogens with zero attached hydrogens (tertiary/aromatic N) is 4. The molecule has 3 aromatic rings. The summed E-state index contributed by atoms with van der Waals surface area (Å²) >= 11 is 0. The van der Waals surface area contributed by atoms with E-state index in [4.69, 9.17) is 5.73 Å². The minimum absolute atomic E-state index is 0.258. The van der Waals surface area contributed by atoms with Crippen LogP contribution in [0.25, 0.3) is 11.0 Å². The van der Waals surface area contributed by atoms with Crippen LogP contribution in [0.2, 0.25) is 0 Å². The number of anilines is 1. The fourth-order valence-corrected chi connectivity index (χ4v) is 2.33. The first-order valence-corrected chi connectivity index (χ1v) is 6.45. The second-order valence-electron chi connectivity index (χ2n) is 4.94. The fraction of sp³-hybridized carbons (Fsp3) is 0.286. The largest absolute Gasteiger partial charge is 0.369 e. The lowest BCUT2D eigenvalue weighted by molar-refractivity contribution is 0.620. The first-order chi connectivity index (χ1) is 9.54. The Labute approximate surface area is 115 Å². The third kappa shape index (κ3) is 2.13. The van der Waals surface area contributed by atoms with Gasteiger partial charge in [0.15, 0.2) is 0 Å². The molecule has 0 aliphatic rings. The quantitative estimate of drug-likeness (QED) is 0.794. The molecule has 6 heteroatoms. The van der Waals surface area contributed by atoms with Crippen molar-refractivity contribution in [3.05, 3.63) is 41.5 Å². The molecule has 2 N–H and O–H groups in total. The van der Waals surface area contributed by atoms with E-state index in [-0.39, 0.29) is 5.82 Å². The van der Waals surface area contributed by atoms with Gasteiger partial charge in [0.1, 0.15) is 5.82 Å². The van der Waals surface area contributed by atoms with Crippen LogP contribution in [0.4, 0.5) is 10.3 Å². The standard InChI is InChI=1S/C14H16FN5/c1-9-7-13-12(8-11(9)15)17-14(16)20(13)6-4-10-3-5-19(2)18-10/h3,5,7-8H,4,6H2,1-2H3,(H2,16,17). The lowest BCUT2D eigenvalue weighted by Crippen LogP contribution is -2.06. The van der Waals surface area contributed by atoms with E-state index < -0.39 is 0 Å². The molecule has 1 aromatic carbocycles. The van der Waals surface area contributed by atoms with Crippen LogP contribution < -0.4 is 5.73 Å². The molecular formula is C14H16FN5. The minimum Gasteiger partial charge on any atom is -0.369 e. The molecule has 5 nitrogen and oxygen atoms in total. The number of halogens is 1. The number of imidazole rings is 1. The van der Waals surface area contributed by atoms with Crippen LogP contribution in [0.3, 0.4) is 0 Å². The van der Waals surface area contributed by atoms with E-state index in [0.29, 0.717) is 23.6 Å². The number of nitrogen functional groups attached to an aromatic ring is 1. The highest BCUT2D eigenvalue weighted by molar-refractivity contribution is 5.79. The van der Waals surface area contributed by atoms with E-state index >= 15 is 0 Å². The maximum atomic E-state index is 13.5. The molecule has 0 amide bonds. The highest BCUT2D eigenvalue weighted by Gasteiger charge is 2.11. The molecule has 0 radical (unpaired) electrons. The summed E-state index contributed by atoms with van der Waals surface area (Å²) in [6.07, 6.45) is 2.66. The Bertz CT molecular complexity index is 771. The number of hydrogen-bond donors (Lipinski definition) is 1. The van der Waals surface area contributed by atoms with E-state index in [1.165, 1.54) is 6.07 Å². The van der Waals surface area contributed by atoms with Gasteiger partial charge in [0, 0.05) is 32.3 Å². The van der Waals surface area contributed by atoms with Crippen molar-refractivity contribution in [2.45, 2.75) is 19.9 Å².